The van der Waals surface area contributed by atoms with Gasteiger partial charge in [0.05, 0.1) is 0 Å². The minimum Gasteiger partial charge on any atom is -0.461 e. The number of esters is 1. The van der Waals surface area contributed by atoms with E-state index in [1.807, 2.05) is 6.07 Å². The molecule has 37 heavy (non-hydrogen) atoms. The van der Waals surface area contributed by atoms with Crippen molar-refractivity contribution in [3.63, 3.8) is 0 Å². The Morgan fingerprint density at radius 2 is 1.78 bits per heavy atom. The van der Waals surface area contributed by atoms with Gasteiger partial charge in [-0.25, -0.2) is 0 Å². The Kier molecular flexibility index (Phi) is 7.62. The van der Waals surface area contributed by atoms with Gasteiger partial charge in [0.15, 0.2) is 0 Å². The largest absolute Gasteiger partial charge is 0.461 e. The number of carbonyl (C=O) groups excluding carboxylic acids is 2. The van der Waals surface area contributed by atoms with E-state index in [0.717, 1.165) is 57.4 Å². The molecule has 4 fully saturated rings. The molecular weight excluding hydrogens is 458 g/mol. The molecule has 1 aromatic rings. The second kappa shape index (κ2) is 10.5. The highest BCUT2D eigenvalue weighted by atomic mass is 16.5. The molecule has 4 heteroatoms. The summed E-state index contributed by atoms with van der Waals surface area (Å²) < 4.78 is 6.32. The standard InChI is InChI=1S/C33H49NO3/c1-22(2)19-29(34(5)21-23-9-7-6-8-10-23)31(36)37-25-15-17-32(3)24(20-25)11-12-26-27-13-14-30(35)33(27,4)18-16-28(26)32/h6-10,22,24-29H,11-21H2,1-5H3. The van der Waals surface area contributed by atoms with Gasteiger partial charge >= 0.3 is 5.97 Å². The maximum atomic E-state index is 13.5. The Morgan fingerprint density at radius 3 is 2.51 bits per heavy atom. The van der Waals surface area contributed by atoms with Crippen LogP contribution in [0.3, 0.4) is 0 Å². The summed E-state index contributed by atoms with van der Waals surface area (Å²) >= 11 is 0. The average Bonchev–Trinajstić information content (AvgIpc) is 3.17. The molecule has 0 saturated heterocycles. The van der Waals surface area contributed by atoms with Crippen molar-refractivity contribution in [3.05, 3.63) is 35.9 Å². The third kappa shape index (κ3) is 5.04. The van der Waals surface area contributed by atoms with Crippen LogP contribution in [-0.4, -0.2) is 35.8 Å². The van der Waals surface area contributed by atoms with Gasteiger partial charge in [-0.3, -0.25) is 14.5 Å². The Hall–Kier alpha value is -1.68. The van der Waals surface area contributed by atoms with E-state index >= 15 is 0 Å². The summed E-state index contributed by atoms with van der Waals surface area (Å²) in [7, 11) is 2.06. The van der Waals surface area contributed by atoms with E-state index in [1.165, 1.54) is 24.8 Å². The molecule has 4 aliphatic carbocycles. The number of likely N-dealkylation sites (N-methyl/N-ethyl adjacent to an activating group) is 1. The molecule has 0 heterocycles. The van der Waals surface area contributed by atoms with Crippen LogP contribution >= 0.6 is 0 Å². The number of fused-ring (bicyclic) bond motifs is 5. The second-order valence-electron chi connectivity index (χ2n) is 14.0. The van der Waals surface area contributed by atoms with Crippen LogP contribution in [0.15, 0.2) is 30.3 Å². The molecule has 5 rings (SSSR count). The van der Waals surface area contributed by atoms with Crippen LogP contribution < -0.4 is 0 Å². The average molecular weight is 508 g/mol. The summed E-state index contributed by atoms with van der Waals surface area (Å²) in [5.41, 5.74) is 1.51. The fourth-order valence-corrected chi connectivity index (χ4v) is 9.22. The maximum absolute atomic E-state index is 13.5. The lowest BCUT2D eigenvalue weighted by atomic mass is 9.45. The third-order valence-electron chi connectivity index (χ3n) is 11.4. The quantitative estimate of drug-likeness (QED) is 0.371. The SMILES string of the molecule is CC(C)CC(C(=O)OC1CCC2(C)C(CCC3C4CCC(=O)C4(C)CCC32)C1)N(C)Cc1ccccc1. The molecule has 0 aromatic heterocycles. The molecule has 0 bridgehead atoms. The van der Waals surface area contributed by atoms with Gasteiger partial charge < -0.3 is 4.74 Å². The van der Waals surface area contributed by atoms with Crippen molar-refractivity contribution < 1.29 is 14.3 Å². The number of Topliss-reactive ketones (excluding diaryl/α,β-unsaturated/α-hetero) is 1. The van der Waals surface area contributed by atoms with Crippen molar-refractivity contribution >= 4 is 11.8 Å². The number of ketones is 1. The first-order valence-corrected chi connectivity index (χ1v) is 15.1. The van der Waals surface area contributed by atoms with E-state index in [9.17, 15) is 9.59 Å². The molecule has 4 saturated carbocycles. The summed E-state index contributed by atoms with van der Waals surface area (Å²) in [6.07, 6.45) is 10.7. The second-order valence-corrected chi connectivity index (χ2v) is 14.0. The zero-order valence-electron chi connectivity index (χ0n) is 23.9. The Bertz CT molecular complexity index is 975. The van der Waals surface area contributed by atoms with Gasteiger partial charge in [-0.2, -0.15) is 0 Å². The monoisotopic (exact) mass is 507 g/mol. The topological polar surface area (TPSA) is 46.6 Å². The fraction of sp³-hybridized carbons (Fsp3) is 0.758. The molecule has 0 radical (unpaired) electrons. The number of nitrogens with zero attached hydrogens (tertiary/aromatic N) is 1. The zero-order chi connectivity index (χ0) is 26.4. The van der Waals surface area contributed by atoms with Crippen LogP contribution in [0.1, 0.15) is 97.5 Å². The Labute approximate surface area is 224 Å². The fourth-order valence-electron chi connectivity index (χ4n) is 9.22. The Balaban J connectivity index is 1.23. The van der Waals surface area contributed by atoms with Crippen molar-refractivity contribution in [2.75, 3.05) is 7.05 Å². The summed E-state index contributed by atoms with van der Waals surface area (Å²) in [6.45, 7) is 9.95. The van der Waals surface area contributed by atoms with Crippen molar-refractivity contribution in [2.45, 2.75) is 111 Å². The predicted octanol–water partition coefficient (Wildman–Crippen LogP) is 7.06. The minimum absolute atomic E-state index is 0.0349. The summed E-state index contributed by atoms with van der Waals surface area (Å²) in [4.78, 5) is 28.5. The summed E-state index contributed by atoms with van der Waals surface area (Å²) in [6, 6.07) is 10.2. The van der Waals surface area contributed by atoms with Crippen molar-refractivity contribution in [1.82, 2.24) is 4.90 Å². The van der Waals surface area contributed by atoms with Crippen molar-refractivity contribution in [3.8, 4) is 0 Å². The van der Waals surface area contributed by atoms with Gasteiger partial charge in [-0.1, -0.05) is 58.0 Å². The maximum Gasteiger partial charge on any atom is 0.323 e. The molecule has 4 nitrogen and oxygen atoms in total. The molecule has 4 aliphatic rings. The molecule has 1 aromatic carbocycles. The number of benzene rings is 1. The van der Waals surface area contributed by atoms with Gasteiger partial charge in [-0.05, 0) is 105 Å². The van der Waals surface area contributed by atoms with Gasteiger partial charge in [0, 0.05) is 18.4 Å². The molecule has 0 amide bonds. The first-order valence-electron chi connectivity index (χ1n) is 15.1. The van der Waals surface area contributed by atoms with E-state index < -0.39 is 0 Å². The number of ether oxygens (including phenoxy) is 1. The molecule has 204 valence electrons. The van der Waals surface area contributed by atoms with Gasteiger partial charge in [0.25, 0.3) is 0 Å². The van der Waals surface area contributed by atoms with Crippen molar-refractivity contribution in [1.29, 1.82) is 0 Å². The molecule has 0 N–H and O–H groups in total. The molecular formula is C33H49NO3. The van der Waals surface area contributed by atoms with Crippen LogP contribution in [0.5, 0.6) is 0 Å². The first-order chi connectivity index (χ1) is 17.6. The number of hydrogen-bond donors (Lipinski definition) is 0. The van der Waals surface area contributed by atoms with E-state index in [1.54, 1.807) is 0 Å². The highest BCUT2D eigenvalue weighted by molar-refractivity contribution is 5.87. The normalized spacial score (nSPS) is 38.1. The Morgan fingerprint density at radius 1 is 1.03 bits per heavy atom. The lowest BCUT2D eigenvalue weighted by Crippen LogP contribution is -2.54. The van der Waals surface area contributed by atoms with Crippen LogP contribution in [0.2, 0.25) is 0 Å². The number of rotatable bonds is 7. The smallest absolute Gasteiger partial charge is 0.323 e. The van der Waals surface area contributed by atoms with Crippen LogP contribution in [-0.2, 0) is 20.9 Å². The molecule has 0 spiro atoms. The van der Waals surface area contributed by atoms with E-state index in [-0.39, 0.29) is 23.5 Å². The number of hydrogen-bond acceptors (Lipinski definition) is 4. The molecule has 8 atom stereocenters. The van der Waals surface area contributed by atoms with Crippen LogP contribution in [0, 0.1) is 40.4 Å². The highest BCUT2D eigenvalue weighted by Crippen LogP contribution is 2.65. The van der Waals surface area contributed by atoms with E-state index in [0.29, 0.717) is 34.9 Å². The van der Waals surface area contributed by atoms with Gasteiger partial charge in [0.1, 0.15) is 17.9 Å². The van der Waals surface area contributed by atoms with E-state index in [2.05, 4.69) is 63.9 Å². The minimum atomic E-state index is -0.208. The van der Waals surface area contributed by atoms with Crippen LogP contribution in [0.4, 0.5) is 0 Å². The molecule has 0 aliphatic heterocycles. The number of carbonyl (C=O) groups is 2. The lowest BCUT2D eigenvalue weighted by molar-refractivity contribution is -0.167. The van der Waals surface area contributed by atoms with Gasteiger partial charge in [-0.15, -0.1) is 0 Å². The zero-order valence-corrected chi connectivity index (χ0v) is 23.9. The van der Waals surface area contributed by atoms with Crippen LogP contribution in [0.25, 0.3) is 0 Å². The third-order valence-corrected chi connectivity index (χ3v) is 11.4. The van der Waals surface area contributed by atoms with E-state index in [4.69, 9.17) is 4.74 Å². The summed E-state index contributed by atoms with van der Waals surface area (Å²) in [5, 5.41) is 0. The summed E-state index contributed by atoms with van der Waals surface area (Å²) in [5.74, 6) is 3.61. The predicted molar refractivity (Wildman–Crippen MR) is 148 cm³/mol. The highest BCUT2D eigenvalue weighted by Gasteiger charge is 2.60. The van der Waals surface area contributed by atoms with Crippen molar-refractivity contribution in [2.24, 2.45) is 40.4 Å². The first kappa shape index (κ1) is 26.9. The van der Waals surface area contributed by atoms with Gasteiger partial charge in [0.2, 0.25) is 0 Å². The molecule has 8 unspecified atom stereocenters. The lowest BCUT2D eigenvalue weighted by Gasteiger charge is -2.60.